The predicted molar refractivity (Wildman–Crippen MR) is 72.9 cm³/mol. The molecule has 0 aromatic carbocycles. The highest BCUT2D eigenvalue weighted by atomic mass is 32.2. The smallest absolute Gasteiger partial charge is 0.211 e. The van der Waals surface area contributed by atoms with Crippen molar-refractivity contribution in [3.05, 3.63) is 12.7 Å². The fourth-order valence-electron chi connectivity index (χ4n) is 2.37. The third-order valence-electron chi connectivity index (χ3n) is 3.25. The van der Waals surface area contributed by atoms with E-state index in [4.69, 9.17) is 0 Å². The van der Waals surface area contributed by atoms with Crippen LogP contribution in [0.5, 0.6) is 0 Å². The van der Waals surface area contributed by atoms with Crippen molar-refractivity contribution in [2.24, 2.45) is 0 Å². The Kier molecular flexibility index (Phi) is 5.78. The molecule has 0 aliphatic carbocycles. The number of hydrogen-bond donors (Lipinski definition) is 1. The van der Waals surface area contributed by atoms with E-state index in [9.17, 15) is 13.5 Å². The minimum Gasteiger partial charge on any atom is -0.392 e. The van der Waals surface area contributed by atoms with Gasteiger partial charge in [0.05, 0.1) is 12.4 Å². The molecular weight excluding hydrogens is 252 g/mol. The Bertz CT molecular complexity index is 370. The zero-order chi connectivity index (χ0) is 13.8. The molecule has 1 aliphatic heterocycles. The Morgan fingerprint density at radius 2 is 2.17 bits per heavy atom. The lowest BCUT2D eigenvalue weighted by atomic mass is 10.1. The molecule has 0 saturated carbocycles. The zero-order valence-corrected chi connectivity index (χ0v) is 12.1. The fourth-order valence-corrected chi connectivity index (χ4v) is 3.51. The minimum atomic E-state index is -3.11. The van der Waals surface area contributed by atoms with Gasteiger partial charge in [0.25, 0.3) is 0 Å². The van der Waals surface area contributed by atoms with E-state index in [1.807, 2.05) is 6.92 Å². The number of β-amino-alcohol motifs (C(OH)–C–C–N with tert-alkyl or cyclic N) is 1. The SMILES string of the molecule is C=CCCC(O)CN1CCN(S(C)(=O)=O)[C@@H](C)C1. The summed E-state index contributed by atoms with van der Waals surface area (Å²) in [6, 6.07) is -0.0274. The van der Waals surface area contributed by atoms with Gasteiger partial charge in [0.15, 0.2) is 0 Å². The number of hydrogen-bond acceptors (Lipinski definition) is 4. The highest BCUT2D eigenvalue weighted by molar-refractivity contribution is 7.88. The lowest BCUT2D eigenvalue weighted by Crippen LogP contribution is -2.54. The van der Waals surface area contributed by atoms with Crippen molar-refractivity contribution in [3.8, 4) is 0 Å². The Morgan fingerprint density at radius 3 is 2.67 bits per heavy atom. The standard InChI is InChI=1S/C12H24N2O3S/c1-4-5-6-12(15)10-13-7-8-14(11(2)9-13)18(3,16)17/h4,11-12,15H,1,5-10H2,2-3H3/t11-,12?/m0/s1. The molecule has 6 heteroatoms. The summed E-state index contributed by atoms with van der Waals surface area (Å²) in [7, 11) is -3.11. The van der Waals surface area contributed by atoms with Crippen molar-refractivity contribution < 1.29 is 13.5 Å². The van der Waals surface area contributed by atoms with Crippen LogP contribution in [-0.4, -0.2) is 67.3 Å². The van der Waals surface area contributed by atoms with Gasteiger partial charge in [0.2, 0.25) is 10.0 Å². The highest BCUT2D eigenvalue weighted by Gasteiger charge is 2.30. The number of aliphatic hydroxyl groups excluding tert-OH is 1. The van der Waals surface area contributed by atoms with Crippen molar-refractivity contribution >= 4 is 10.0 Å². The van der Waals surface area contributed by atoms with Crippen molar-refractivity contribution in [1.82, 2.24) is 9.21 Å². The highest BCUT2D eigenvalue weighted by Crippen LogP contribution is 2.14. The minimum absolute atomic E-state index is 0.0274. The maximum absolute atomic E-state index is 11.5. The Labute approximate surface area is 110 Å². The average Bonchev–Trinajstić information content (AvgIpc) is 2.24. The molecule has 0 bridgehead atoms. The third kappa shape index (κ3) is 4.68. The zero-order valence-electron chi connectivity index (χ0n) is 11.2. The summed E-state index contributed by atoms with van der Waals surface area (Å²) in [5.41, 5.74) is 0. The first-order valence-corrected chi connectivity index (χ1v) is 8.17. The van der Waals surface area contributed by atoms with Gasteiger partial charge in [-0.25, -0.2) is 8.42 Å². The van der Waals surface area contributed by atoms with E-state index in [1.165, 1.54) is 10.6 Å². The summed E-state index contributed by atoms with van der Waals surface area (Å²) in [5.74, 6) is 0. The van der Waals surface area contributed by atoms with Crippen molar-refractivity contribution in [2.75, 3.05) is 32.4 Å². The molecule has 106 valence electrons. The Hall–Kier alpha value is -0.430. The Balaban J connectivity index is 2.44. The van der Waals surface area contributed by atoms with Gasteiger partial charge in [-0.15, -0.1) is 6.58 Å². The van der Waals surface area contributed by atoms with E-state index in [-0.39, 0.29) is 12.1 Å². The van der Waals surface area contributed by atoms with Gasteiger partial charge in [-0.3, -0.25) is 4.90 Å². The number of piperazine rings is 1. The van der Waals surface area contributed by atoms with Gasteiger partial charge in [-0.2, -0.15) is 4.31 Å². The molecular formula is C12H24N2O3S. The van der Waals surface area contributed by atoms with Gasteiger partial charge in [0, 0.05) is 32.2 Å². The molecule has 0 spiro atoms. The van der Waals surface area contributed by atoms with E-state index in [0.29, 0.717) is 32.6 Å². The molecule has 1 aliphatic rings. The first-order chi connectivity index (χ1) is 8.34. The molecule has 1 fully saturated rings. The second kappa shape index (κ2) is 6.65. The topological polar surface area (TPSA) is 60.9 Å². The summed E-state index contributed by atoms with van der Waals surface area (Å²) in [5, 5.41) is 9.82. The lowest BCUT2D eigenvalue weighted by molar-refractivity contribution is 0.0716. The molecule has 1 N–H and O–H groups in total. The van der Waals surface area contributed by atoms with Crippen LogP contribution in [0, 0.1) is 0 Å². The van der Waals surface area contributed by atoms with E-state index >= 15 is 0 Å². The molecule has 18 heavy (non-hydrogen) atoms. The second-order valence-corrected chi connectivity index (χ2v) is 6.94. The van der Waals surface area contributed by atoms with Crippen LogP contribution >= 0.6 is 0 Å². The summed E-state index contributed by atoms with van der Waals surface area (Å²) >= 11 is 0. The van der Waals surface area contributed by atoms with Crippen molar-refractivity contribution in [3.63, 3.8) is 0 Å². The number of sulfonamides is 1. The average molecular weight is 276 g/mol. The second-order valence-electron chi connectivity index (χ2n) is 5.00. The number of aliphatic hydroxyl groups is 1. The maximum atomic E-state index is 11.5. The molecule has 2 atom stereocenters. The van der Waals surface area contributed by atoms with E-state index in [0.717, 1.165) is 6.42 Å². The van der Waals surface area contributed by atoms with Gasteiger partial charge in [-0.05, 0) is 19.8 Å². The van der Waals surface area contributed by atoms with Crippen LogP contribution in [0.3, 0.4) is 0 Å². The summed E-state index contributed by atoms with van der Waals surface area (Å²) in [4.78, 5) is 2.13. The van der Waals surface area contributed by atoms with Gasteiger partial charge < -0.3 is 5.11 Å². The predicted octanol–water partition coefficient (Wildman–Crippen LogP) is 0.279. The fraction of sp³-hybridized carbons (Fsp3) is 0.833. The normalized spacial score (nSPS) is 24.9. The molecule has 1 unspecified atom stereocenters. The summed E-state index contributed by atoms with van der Waals surface area (Å²) < 4.78 is 24.6. The molecule has 1 heterocycles. The summed E-state index contributed by atoms with van der Waals surface area (Å²) in [6.07, 6.45) is 4.20. The first-order valence-electron chi connectivity index (χ1n) is 6.32. The number of allylic oxidation sites excluding steroid dienone is 1. The molecule has 0 aromatic rings. The van der Waals surface area contributed by atoms with E-state index in [1.54, 1.807) is 6.08 Å². The molecule has 0 radical (unpaired) electrons. The molecule has 0 aromatic heterocycles. The van der Waals surface area contributed by atoms with E-state index < -0.39 is 10.0 Å². The molecule has 0 amide bonds. The van der Waals surface area contributed by atoms with Crippen LogP contribution in [-0.2, 0) is 10.0 Å². The van der Waals surface area contributed by atoms with Crippen LogP contribution in [0.1, 0.15) is 19.8 Å². The molecule has 1 saturated heterocycles. The van der Waals surface area contributed by atoms with Crippen LogP contribution in [0.2, 0.25) is 0 Å². The monoisotopic (exact) mass is 276 g/mol. The van der Waals surface area contributed by atoms with Crippen LogP contribution < -0.4 is 0 Å². The van der Waals surface area contributed by atoms with Crippen molar-refractivity contribution in [2.45, 2.75) is 31.9 Å². The third-order valence-corrected chi connectivity index (χ3v) is 4.64. The lowest BCUT2D eigenvalue weighted by Gasteiger charge is -2.39. The van der Waals surface area contributed by atoms with Gasteiger partial charge in [-0.1, -0.05) is 6.08 Å². The molecule has 5 nitrogen and oxygen atoms in total. The van der Waals surface area contributed by atoms with Gasteiger partial charge >= 0.3 is 0 Å². The van der Waals surface area contributed by atoms with Crippen LogP contribution in [0.15, 0.2) is 12.7 Å². The first kappa shape index (κ1) is 15.6. The van der Waals surface area contributed by atoms with E-state index in [2.05, 4.69) is 11.5 Å². The largest absolute Gasteiger partial charge is 0.392 e. The van der Waals surface area contributed by atoms with Crippen LogP contribution in [0.25, 0.3) is 0 Å². The van der Waals surface area contributed by atoms with Crippen LogP contribution in [0.4, 0.5) is 0 Å². The number of nitrogens with zero attached hydrogens (tertiary/aromatic N) is 2. The number of rotatable bonds is 6. The summed E-state index contributed by atoms with van der Waals surface area (Å²) in [6.45, 7) is 8.01. The Morgan fingerprint density at radius 1 is 1.50 bits per heavy atom. The quantitative estimate of drug-likeness (QED) is 0.708. The van der Waals surface area contributed by atoms with Gasteiger partial charge in [0.1, 0.15) is 0 Å². The maximum Gasteiger partial charge on any atom is 0.211 e. The van der Waals surface area contributed by atoms with Crippen molar-refractivity contribution in [1.29, 1.82) is 0 Å². The molecule has 1 rings (SSSR count).